The molecule has 0 unspecified atom stereocenters. The van der Waals surface area contributed by atoms with Crippen molar-refractivity contribution >= 4 is 51.5 Å². The zero-order chi connectivity index (χ0) is 23.7. The van der Waals surface area contributed by atoms with Crippen molar-refractivity contribution in [2.45, 2.75) is 6.54 Å². The van der Waals surface area contributed by atoms with Gasteiger partial charge in [0.2, 0.25) is 0 Å². The van der Waals surface area contributed by atoms with Gasteiger partial charge in [0.05, 0.1) is 16.2 Å². The molecule has 1 amide bonds. The van der Waals surface area contributed by atoms with Crippen molar-refractivity contribution in [3.05, 3.63) is 107 Å². The zero-order valence-electron chi connectivity index (χ0n) is 18.4. The second-order valence-corrected chi connectivity index (χ2v) is 8.95. The molecule has 5 rings (SSSR count). The highest BCUT2D eigenvalue weighted by Gasteiger charge is 2.30. The Morgan fingerprint density at radius 2 is 1.79 bits per heavy atom. The lowest BCUT2D eigenvalue weighted by molar-refractivity contribution is -0.121. The molecule has 3 aromatic carbocycles. The number of benzene rings is 3. The number of amidine groups is 1. The van der Waals surface area contributed by atoms with Crippen molar-refractivity contribution < 1.29 is 14.7 Å². The molecule has 6 nitrogen and oxygen atoms in total. The van der Waals surface area contributed by atoms with Crippen molar-refractivity contribution in [3.8, 4) is 0 Å². The predicted octanol–water partition coefficient (Wildman–Crippen LogP) is 5.62. The molecule has 1 aliphatic rings. The lowest BCUT2D eigenvalue weighted by Crippen LogP contribution is -2.23. The molecule has 168 valence electrons. The van der Waals surface area contributed by atoms with Gasteiger partial charge in [-0.05, 0) is 47.7 Å². The molecule has 34 heavy (non-hydrogen) atoms. The fourth-order valence-electron chi connectivity index (χ4n) is 3.91. The van der Waals surface area contributed by atoms with Crippen molar-refractivity contribution in [2.75, 3.05) is 7.05 Å². The maximum absolute atomic E-state index is 13.0. The molecule has 4 aromatic rings. The van der Waals surface area contributed by atoms with E-state index >= 15 is 0 Å². The third kappa shape index (κ3) is 4.25. The number of amides is 1. The van der Waals surface area contributed by atoms with Crippen LogP contribution in [0.3, 0.4) is 0 Å². The molecule has 0 aliphatic carbocycles. The van der Waals surface area contributed by atoms with Gasteiger partial charge < -0.3 is 9.67 Å². The van der Waals surface area contributed by atoms with E-state index in [1.165, 1.54) is 34.4 Å². The maximum atomic E-state index is 13.0. The van der Waals surface area contributed by atoms with Gasteiger partial charge in [0.15, 0.2) is 5.17 Å². The largest absolute Gasteiger partial charge is 0.478 e. The van der Waals surface area contributed by atoms with Gasteiger partial charge in [0.25, 0.3) is 5.91 Å². The summed E-state index contributed by atoms with van der Waals surface area (Å²) in [6.07, 6.45) is 3.98. The molecule has 0 atom stereocenters. The second kappa shape index (κ2) is 9.03. The first kappa shape index (κ1) is 21.7. The van der Waals surface area contributed by atoms with Crippen molar-refractivity contribution in [3.63, 3.8) is 0 Å². The summed E-state index contributed by atoms with van der Waals surface area (Å²) >= 11 is 1.28. The van der Waals surface area contributed by atoms with Crippen molar-refractivity contribution in [2.24, 2.45) is 4.99 Å². The van der Waals surface area contributed by atoms with Crippen LogP contribution in [0.1, 0.15) is 21.5 Å². The molecule has 1 N–H and O–H groups in total. The molecule has 1 fully saturated rings. The number of carbonyl (C=O) groups excluding carboxylic acids is 1. The molecule has 1 saturated heterocycles. The van der Waals surface area contributed by atoms with E-state index in [0.29, 0.717) is 15.8 Å². The summed E-state index contributed by atoms with van der Waals surface area (Å²) < 4.78 is 2.19. The Balaban J connectivity index is 1.49. The van der Waals surface area contributed by atoms with E-state index in [1.807, 2.05) is 36.4 Å². The Bertz CT molecular complexity index is 1470. The van der Waals surface area contributed by atoms with E-state index in [2.05, 4.69) is 40.0 Å². The summed E-state index contributed by atoms with van der Waals surface area (Å²) in [6.45, 7) is 0.734. The van der Waals surface area contributed by atoms with Crippen LogP contribution in [0.2, 0.25) is 0 Å². The number of thioether (sulfide) groups is 1. The van der Waals surface area contributed by atoms with E-state index in [4.69, 9.17) is 0 Å². The zero-order valence-corrected chi connectivity index (χ0v) is 19.2. The number of nitrogens with zero attached hydrogens (tertiary/aromatic N) is 3. The number of carboxylic acids is 1. The van der Waals surface area contributed by atoms with Crippen LogP contribution in [0.4, 0.5) is 5.69 Å². The van der Waals surface area contributed by atoms with Crippen LogP contribution in [-0.2, 0) is 11.3 Å². The Hall–Kier alpha value is -4.10. The van der Waals surface area contributed by atoms with Gasteiger partial charge in [-0.25, -0.2) is 9.79 Å². The molecule has 0 radical (unpaired) electrons. The first-order valence-electron chi connectivity index (χ1n) is 10.7. The fourth-order valence-corrected chi connectivity index (χ4v) is 4.89. The number of fused-ring (bicyclic) bond motifs is 1. The minimum Gasteiger partial charge on any atom is -0.478 e. The minimum atomic E-state index is -1.02. The summed E-state index contributed by atoms with van der Waals surface area (Å²) in [5.41, 5.74) is 3.90. The summed E-state index contributed by atoms with van der Waals surface area (Å²) in [5, 5.41) is 10.8. The van der Waals surface area contributed by atoms with E-state index in [0.717, 1.165) is 23.0 Å². The van der Waals surface area contributed by atoms with E-state index in [9.17, 15) is 14.7 Å². The number of carboxylic acid groups (broad SMARTS) is 1. The number of hydrogen-bond acceptors (Lipinski definition) is 4. The number of likely N-dealkylation sites (N-methyl/N-ethyl adjacent to an activating group) is 1. The van der Waals surface area contributed by atoms with Gasteiger partial charge in [-0.15, -0.1) is 0 Å². The smallest absolute Gasteiger partial charge is 0.335 e. The van der Waals surface area contributed by atoms with Crippen molar-refractivity contribution in [1.82, 2.24) is 9.47 Å². The lowest BCUT2D eigenvalue weighted by atomic mass is 10.1. The number of hydrogen-bond donors (Lipinski definition) is 1. The van der Waals surface area contributed by atoms with Gasteiger partial charge in [0, 0.05) is 36.3 Å². The average molecular weight is 468 g/mol. The number of carbonyl (C=O) groups is 2. The quantitative estimate of drug-likeness (QED) is 0.387. The van der Waals surface area contributed by atoms with Gasteiger partial charge in [-0.2, -0.15) is 0 Å². The van der Waals surface area contributed by atoms with Gasteiger partial charge in [-0.3, -0.25) is 9.69 Å². The monoisotopic (exact) mass is 467 g/mol. The molecular formula is C27H21N3O3S. The predicted molar refractivity (Wildman–Crippen MR) is 136 cm³/mol. The van der Waals surface area contributed by atoms with E-state index in [1.54, 1.807) is 19.2 Å². The lowest BCUT2D eigenvalue weighted by Gasteiger charge is -2.07. The van der Waals surface area contributed by atoms with Crippen LogP contribution in [-0.4, -0.2) is 38.7 Å². The van der Waals surface area contributed by atoms with Crippen LogP contribution in [0.15, 0.2) is 95.0 Å². The molecule has 0 bridgehead atoms. The van der Waals surface area contributed by atoms with Crippen LogP contribution < -0.4 is 0 Å². The highest BCUT2D eigenvalue weighted by molar-refractivity contribution is 8.18. The topological polar surface area (TPSA) is 74.9 Å². The Morgan fingerprint density at radius 3 is 2.59 bits per heavy atom. The number of aromatic nitrogens is 1. The first-order valence-corrected chi connectivity index (χ1v) is 11.5. The van der Waals surface area contributed by atoms with Gasteiger partial charge in [-0.1, -0.05) is 54.6 Å². The normalized spacial score (nSPS) is 16.1. The number of aromatic carboxylic acids is 1. The molecule has 0 saturated carbocycles. The van der Waals surface area contributed by atoms with Crippen molar-refractivity contribution in [1.29, 1.82) is 0 Å². The Morgan fingerprint density at radius 1 is 1.03 bits per heavy atom. The summed E-state index contributed by atoms with van der Waals surface area (Å²) in [5.74, 6) is -1.16. The number of aliphatic imine (C=N–C) groups is 1. The second-order valence-electron chi connectivity index (χ2n) is 7.94. The standard InChI is InChI=1S/C27H21N3O3S/c1-29-25(31)24(34-27(29)28-21-11-7-10-19(14-21)26(32)33)15-20-17-30(16-18-8-3-2-4-9-18)23-13-6-5-12-22(20)23/h2-15,17H,16H2,1H3,(H,32,33)/b24-15-,28-27?. The van der Waals surface area contributed by atoms with Crippen LogP contribution >= 0.6 is 11.8 Å². The Labute approximate surface area is 200 Å². The van der Waals surface area contributed by atoms with Crippen LogP contribution in [0, 0.1) is 0 Å². The summed E-state index contributed by atoms with van der Waals surface area (Å²) in [7, 11) is 1.68. The molecular weight excluding hydrogens is 446 g/mol. The Kier molecular flexibility index (Phi) is 5.77. The number of rotatable bonds is 5. The molecule has 1 aromatic heterocycles. The maximum Gasteiger partial charge on any atom is 0.335 e. The number of para-hydroxylation sites is 1. The van der Waals surface area contributed by atoms with Gasteiger partial charge in [0.1, 0.15) is 0 Å². The summed E-state index contributed by atoms with van der Waals surface area (Å²) in [4.78, 5) is 30.8. The fraction of sp³-hybridized carbons (Fsp3) is 0.0741. The molecule has 2 heterocycles. The first-order chi connectivity index (χ1) is 16.5. The molecule has 0 spiro atoms. The van der Waals surface area contributed by atoms with Crippen LogP contribution in [0.25, 0.3) is 17.0 Å². The van der Waals surface area contributed by atoms with Crippen LogP contribution in [0.5, 0.6) is 0 Å². The third-order valence-electron chi connectivity index (χ3n) is 5.62. The highest BCUT2D eigenvalue weighted by atomic mass is 32.2. The average Bonchev–Trinajstić information content (AvgIpc) is 3.32. The molecule has 7 heteroatoms. The third-order valence-corrected chi connectivity index (χ3v) is 6.68. The SMILES string of the molecule is CN1C(=O)/C(=C/c2cn(Cc3ccccc3)c3ccccc23)SC1=Nc1cccc(C(=O)O)c1. The molecule has 1 aliphatic heterocycles. The van der Waals surface area contributed by atoms with E-state index in [-0.39, 0.29) is 11.5 Å². The van der Waals surface area contributed by atoms with Gasteiger partial charge >= 0.3 is 5.97 Å². The van der Waals surface area contributed by atoms with E-state index < -0.39 is 5.97 Å². The minimum absolute atomic E-state index is 0.141. The highest BCUT2D eigenvalue weighted by Crippen LogP contribution is 2.35. The summed E-state index contributed by atoms with van der Waals surface area (Å²) in [6, 6.07) is 24.8.